The standard InChI is InChI=1S/C14H14F2N2/c15-14(16)9-13(14)6-1-7-18(10-13)12-4-2-11(8-17)3-5-12/h2-5H,1,6-7,9-10H2. The first-order valence-electron chi connectivity index (χ1n) is 6.19. The van der Waals surface area contributed by atoms with E-state index in [-0.39, 0.29) is 6.42 Å². The fourth-order valence-electron chi connectivity index (χ4n) is 2.92. The molecule has 1 atom stereocenters. The number of alkyl halides is 2. The molecule has 1 heterocycles. The van der Waals surface area contributed by atoms with E-state index >= 15 is 0 Å². The van der Waals surface area contributed by atoms with Gasteiger partial charge < -0.3 is 4.90 Å². The average Bonchev–Trinajstić information content (AvgIpc) is 2.89. The van der Waals surface area contributed by atoms with Crippen molar-refractivity contribution in [2.45, 2.75) is 25.2 Å². The van der Waals surface area contributed by atoms with Gasteiger partial charge in [0, 0.05) is 25.2 Å². The van der Waals surface area contributed by atoms with Crippen molar-refractivity contribution in [3.05, 3.63) is 29.8 Å². The van der Waals surface area contributed by atoms with Crippen LogP contribution in [-0.2, 0) is 0 Å². The van der Waals surface area contributed by atoms with Crippen LogP contribution in [-0.4, -0.2) is 19.0 Å². The minimum Gasteiger partial charge on any atom is -0.371 e. The first-order valence-corrected chi connectivity index (χ1v) is 6.19. The summed E-state index contributed by atoms with van der Waals surface area (Å²) < 4.78 is 26.8. The molecule has 0 bridgehead atoms. The molecule has 3 rings (SSSR count). The molecular formula is C14H14F2N2. The van der Waals surface area contributed by atoms with Gasteiger partial charge in [-0.2, -0.15) is 5.26 Å². The lowest BCUT2D eigenvalue weighted by Gasteiger charge is -2.34. The van der Waals surface area contributed by atoms with Gasteiger partial charge >= 0.3 is 0 Å². The molecule has 1 spiro atoms. The van der Waals surface area contributed by atoms with Crippen LogP contribution < -0.4 is 4.90 Å². The van der Waals surface area contributed by atoms with E-state index in [0.717, 1.165) is 18.7 Å². The van der Waals surface area contributed by atoms with Gasteiger partial charge in [-0.25, -0.2) is 8.78 Å². The summed E-state index contributed by atoms with van der Waals surface area (Å²) in [6, 6.07) is 9.23. The second-order valence-corrected chi connectivity index (χ2v) is 5.35. The summed E-state index contributed by atoms with van der Waals surface area (Å²) in [6.07, 6.45) is 1.48. The lowest BCUT2D eigenvalue weighted by molar-refractivity contribution is 0.0575. The Bertz CT molecular complexity index is 504. The summed E-state index contributed by atoms with van der Waals surface area (Å²) in [5, 5.41) is 8.74. The second-order valence-electron chi connectivity index (χ2n) is 5.35. The van der Waals surface area contributed by atoms with E-state index in [0.29, 0.717) is 18.5 Å². The highest BCUT2D eigenvalue weighted by Crippen LogP contribution is 2.64. The second kappa shape index (κ2) is 3.68. The average molecular weight is 248 g/mol. The maximum Gasteiger partial charge on any atom is 0.256 e. The molecule has 2 aliphatic rings. The van der Waals surface area contributed by atoms with Crippen LogP contribution in [0.2, 0.25) is 0 Å². The number of benzene rings is 1. The van der Waals surface area contributed by atoms with E-state index in [9.17, 15) is 8.78 Å². The Balaban J connectivity index is 1.79. The molecular weight excluding hydrogens is 234 g/mol. The van der Waals surface area contributed by atoms with E-state index in [1.54, 1.807) is 12.1 Å². The molecule has 0 aromatic heterocycles. The van der Waals surface area contributed by atoms with Crippen LogP contribution in [0, 0.1) is 16.7 Å². The molecule has 1 saturated heterocycles. The van der Waals surface area contributed by atoms with Crippen molar-refractivity contribution in [3.8, 4) is 6.07 Å². The Hall–Kier alpha value is -1.63. The quantitative estimate of drug-likeness (QED) is 0.763. The van der Waals surface area contributed by atoms with Gasteiger partial charge in [-0.3, -0.25) is 0 Å². The number of piperidine rings is 1. The number of nitriles is 1. The van der Waals surface area contributed by atoms with Gasteiger partial charge in [0.1, 0.15) is 0 Å². The molecule has 1 aromatic rings. The number of anilines is 1. The van der Waals surface area contributed by atoms with E-state index in [4.69, 9.17) is 5.26 Å². The van der Waals surface area contributed by atoms with Gasteiger partial charge in [0.05, 0.1) is 17.0 Å². The normalized spacial score (nSPS) is 29.1. The molecule has 0 N–H and O–H groups in total. The van der Waals surface area contributed by atoms with Crippen molar-refractivity contribution in [2.75, 3.05) is 18.0 Å². The molecule has 1 saturated carbocycles. The molecule has 4 heteroatoms. The number of hydrogen-bond acceptors (Lipinski definition) is 2. The highest BCUT2D eigenvalue weighted by atomic mass is 19.3. The highest BCUT2D eigenvalue weighted by molar-refractivity contribution is 5.51. The van der Waals surface area contributed by atoms with E-state index in [1.165, 1.54) is 0 Å². The van der Waals surface area contributed by atoms with Gasteiger partial charge in [0.2, 0.25) is 0 Å². The van der Waals surface area contributed by atoms with Gasteiger partial charge in [-0.1, -0.05) is 0 Å². The van der Waals surface area contributed by atoms with Crippen LogP contribution in [0.25, 0.3) is 0 Å². The van der Waals surface area contributed by atoms with Crippen LogP contribution in [0.3, 0.4) is 0 Å². The SMILES string of the molecule is N#Cc1ccc(N2CCCC3(C2)CC3(F)F)cc1. The van der Waals surface area contributed by atoms with Crippen molar-refractivity contribution < 1.29 is 8.78 Å². The summed E-state index contributed by atoms with van der Waals surface area (Å²) in [5.74, 6) is -2.47. The summed E-state index contributed by atoms with van der Waals surface area (Å²) >= 11 is 0. The zero-order valence-electron chi connectivity index (χ0n) is 10.00. The van der Waals surface area contributed by atoms with E-state index in [1.807, 2.05) is 17.0 Å². The third-order valence-electron chi connectivity index (χ3n) is 4.15. The van der Waals surface area contributed by atoms with Crippen LogP contribution in [0.5, 0.6) is 0 Å². The molecule has 2 fully saturated rings. The summed E-state index contributed by atoms with van der Waals surface area (Å²) in [7, 11) is 0. The Kier molecular flexibility index (Phi) is 2.34. The van der Waals surface area contributed by atoms with E-state index < -0.39 is 11.3 Å². The first kappa shape index (κ1) is 11.5. The van der Waals surface area contributed by atoms with Crippen molar-refractivity contribution in [1.29, 1.82) is 5.26 Å². The fourth-order valence-corrected chi connectivity index (χ4v) is 2.92. The minimum absolute atomic E-state index is 0.0345. The van der Waals surface area contributed by atoms with Crippen molar-refractivity contribution in [2.24, 2.45) is 5.41 Å². The summed E-state index contributed by atoms with van der Waals surface area (Å²) in [4.78, 5) is 2.02. The lowest BCUT2D eigenvalue weighted by atomic mass is 9.94. The predicted molar refractivity (Wildman–Crippen MR) is 64.6 cm³/mol. The first-order chi connectivity index (χ1) is 8.56. The molecule has 18 heavy (non-hydrogen) atoms. The van der Waals surface area contributed by atoms with Gasteiger partial charge in [-0.15, -0.1) is 0 Å². The van der Waals surface area contributed by atoms with E-state index in [2.05, 4.69) is 6.07 Å². The zero-order valence-corrected chi connectivity index (χ0v) is 10.00. The molecule has 0 radical (unpaired) electrons. The Morgan fingerprint density at radius 1 is 1.22 bits per heavy atom. The van der Waals surface area contributed by atoms with Gasteiger partial charge in [-0.05, 0) is 37.1 Å². The number of hydrogen-bond donors (Lipinski definition) is 0. The maximum atomic E-state index is 13.4. The molecule has 1 aromatic carbocycles. The third-order valence-corrected chi connectivity index (χ3v) is 4.15. The zero-order chi connectivity index (χ0) is 12.8. The Morgan fingerprint density at radius 3 is 2.44 bits per heavy atom. The fraction of sp³-hybridized carbons (Fsp3) is 0.500. The van der Waals surface area contributed by atoms with Crippen LogP contribution in [0.1, 0.15) is 24.8 Å². The van der Waals surface area contributed by atoms with Crippen LogP contribution in [0.15, 0.2) is 24.3 Å². The van der Waals surface area contributed by atoms with Gasteiger partial charge in [0.15, 0.2) is 0 Å². The van der Waals surface area contributed by atoms with Crippen LogP contribution >= 0.6 is 0 Å². The summed E-state index contributed by atoms with van der Waals surface area (Å²) in [5.41, 5.74) is 0.761. The van der Waals surface area contributed by atoms with Crippen molar-refractivity contribution in [1.82, 2.24) is 0 Å². The smallest absolute Gasteiger partial charge is 0.256 e. The number of halogens is 2. The number of nitrogens with zero attached hydrogens (tertiary/aromatic N) is 2. The third kappa shape index (κ3) is 1.66. The molecule has 0 amide bonds. The topological polar surface area (TPSA) is 27.0 Å². The van der Waals surface area contributed by atoms with Crippen LogP contribution in [0.4, 0.5) is 14.5 Å². The monoisotopic (exact) mass is 248 g/mol. The predicted octanol–water partition coefficient (Wildman–Crippen LogP) is 3.18. The largest absolute Gasteiger partial charge is 0.371 e. The molecule has 2 nitrogen and oxygen atoms in total. The number of rotatable bonds is 1. The molecule has 1 aliphatic carbocycles. The van der Waals surface area contributed by atoms with Crippen molar-refractivity contribution >= 4 is 5.69 Å². The van der Waals surface area contributed by atoms with Gasteiger partial charge in [0.25, 0.3) is 5.92 Å². The molecule has 1 unspecified atom stereocenters. The molecule has 94 valence electrons. The lowest BCUT2D eigenvalue weighted by Crippen LogP contribution is -2.39. The highest BCUT2D eigenvalue weighted by Gasteiger charge is 2.71. The summed E-state index contributed by atoms with van der Waals surface area (Å²) in [6.45, 7) is 1.26. The maximum absolute atomic E-state index is 13.4. The minimum atomic E-state index is -2.47. The molecule has 1 aliphatic heterocycles. The Labute approximate surface area is 105 Å². The van der Waals surface area contributed by atoms with Crippen molar-refractivity contribution in [3.63, 3.8) is 0 Å². The Morgan fingerprint density at radius 2 is 1.89 bits per heavy atom.